The molecule has 0 saturated carbocycles. The zero-order valence-electron chi connectivity index (χ0n) is 7.03. The van der Waals surface area contributed by atoms with Crippen LogP contribution in [0.2, 0.25) is 0 Å². The number of rotatable bonds is 1. The second-order valence-electron chi connectivity index (χ2n) is 2.70. The van der Waals surface area contributed by atoms with Crippen LogP contribution in [0.25, 0.3) is 10.8 Å². The van der Waals surface area contributed by atoms with Gasteiger partial charge in [-0.3, -0.25) is 0 Å². The van der Waals surface area contributed by atoms with Gasteiger partial charge in [-0.05, 0) is 11.5 Å². The van der Waals surface area contributed by atoms with Crippen LogP contribution < -0.4 is 4.74 Å². The van der Waals surface area contributed by atoms with E-state index in [-0.39, 0.29) is 0 Å². The standard InChI is InChI=1S/C12H8O/c1-2-13-12-9-5-7-10-6-3-4-8-11(10)12/h1,3-9H. The molecule has 0 unspecified atom stereocenters. The van der Waals surface area contributed by atoms with Crippen LogP contribution in [0.5, 0.6) is 5.75 Å². The summed E-state index contributed by atoms with van der Waals surface area (Å²) < 4.78 is 5.05. The van der Waals surface area contributed by atoms with Gasteiger partial charge in [0.05, 0.1) is 0 Å². The van der Waals surface area contributed by atoms with Crippen LogP contribution in [0.15, 0.2) is 42.5 Å². The van der Waals surface area contributed by atoms with E-state index in [1.807, 2.05) is 42.5 Å². The molecule has 0 bridgehead atoms. The lowest BCUT2D eigenvalue weighted by Gasteiger charge is -2.01. The Hall–Kier alpha value is -1.94. The molecule has 2 rings (SSSR count). The molecule has 2 aromatic carbocycles. The van der Waals surface area contributed by atoms with E-state index in [2.05, 4.69) is 6.11 Å². The van der Waals surface area contributed by atoms with Crippen LogP contribution in [-0.4, -0.2) is 0 Å². The minimum atomic E-state index is 0.737. The number of hydrogen-bond acceptors (Lipinski definition) is 1. The minimum Gasteiger partial charge on any atom is -0.407 e. The van der Waals surface area contributed by atoms with Gasteiger partial charge in [-0.25, -0.2) is 0 Å². The monoisotopic (exact) mass is 168 g/mol. The molecule has 0 heterocycles. The van der Waals surface area contributed by atoms with Crippen LogP contribution in [0.1, 0.15) is 0 Å². The highest BCUT2D eigenvalue weighted by molar-refractivity contribution is 5.88. The molecule has 0 saturated heterocycles. The zero-order valence-corrected chi connectivity index (χ0v) is 7.03. The van der Waals surface area contributed by atoms with Gasteiger partial charge in [0, 0.05) is 5.39 Å². The molecule has 0 aliphatic carbocycles. The maximum Gasteiger partial charge on any atom is 0.148 e. The van der Waals surface area contributed by atoms with Gasteiger partial charge in [0.1, 0.15) is 11.9 Å². The molecule has 0 aliphatic rings. The summed E-state index contributed by atoms with van der Waals surface area (Å²) in [7, 11) is 0. The number of fused-ring (bicyclic) bond motifs is 1. The summed E-state index contributed by atoms with van der Waals surface area (Å²) in [6.07, 6.45) is 7.26. The average Bonchev–Trinajstić information content (AvgIpc) is 2.19. The van der Waals surface area contributed by atoms with Crippen LogP contribution in [0.3, 0.4) is 0 Å². The molecule has 1 heteroatoms. The Bertz CT molecular complexity index is 461. The van der Waals surface area contributed by atoms with Crippen LogP contribution >= 0.6 is 0 Å². The van der Waals surface area contributed by atoms with Crippen molar-refractivity contribution in [3.8, 4) is 18.3 Å². The second kappa shape index (κ2) is 3.20. The molecular weight excluding hydrogens is 160 g/mol. The molecule has 2 aromatic rings. The molecule has 0 spiro atoms. The minimum absolute atomic E-state index is 0.737. The summed E-state index contributed by atoms with van der Waals surface area (Å²) in [5, 5.41) is 2.18. The summed E-state index contributed by atoms with van der Waals surface area (Å²) in [5.41, 5.74) is 0. The molecule has 0 N–H and O–H groups in total. The lowest BCUT2D eigenvalue weighted by Crippen LogP contribution is -1.82. The normalized spacial score (nSPS) is 9.46. The first-order chi connectivity index (χ1) is 6.42. The number of hydrogen-bond donors (Lipinski definition) is 0. The fourth-order valence-electron chi connectivity index (χ4n) is 1.35. The van der Waals surface area contributed by atoms with Gasteiger partial charge in [-0.1, -0.05) is 42.8 Å². The van der Waals surface area contributed by atoms with Gasteiger partial charge in [-0.15, -0.1) is 0 Å². The Labute approximate surface area is 77.0 Å². The third kappa shape index (κ3) is 1.34. The zero-order chi connectivity index (χ0) is 9.10. The highest BCUT2D eigenvalue weighted by Crippen LogP contribution is 2.24. The Balaban J connectivity index is 2.70. The number of terminal acetylenes is 1. The third-order valence-corrected chi connectivity index (χ3v) is 1.92. The average molecular weight is 168 g/mol. The van der Waals surface area contributed by atoms with E-state index in [1.165, 1.54) is 0 Å². The molecule has 0 amide bonds. The first-order valence-electron chi connectivity index (χ1n) is 4.02. The van der Waals surface area contributed by atoms with Crippen molar-refractivity contribution >= 4 is 10.8 Å². The second-order valence-corrected chi connectivity index (χ2v) is 2.70. The molecule has 0 atom stereocenters. The van der Waals surface area contributed by atoms with Crippen molar-refractivity contribution < 1.29 is 4.74 Å². The SMILES string of the molecule is C#COc1cccc2ccccc12. The van der Waals surface area contributed by atoms with E-state index >= 15 is 0 Å². The predicted octanol–water partition coefficient (Wildman–Crippen LogP) is 2.81. The van der Waals surface area contributed by atoms with Crippen molar-refractivity contribution in [2.75, 3.05) is 0 Å². The molecule has 1 nitrogen and oxygen atoms in total. The molecule has 0 fully saturated rings. The summed E-state index contributed by atoms with van der Waals surface area (Å²) >= 11 is 0. The molecular formula is C12H8O. The number of benzene rings is 2. The summed E-state index contributed by atoms with van der Waals surface area (Å²) in [4.78, 5) is 0. The first kappa shape index (κ1) is 7.70. The van der Waals surface area contributed by atoms with Gasteiger partial charge in [0.25, 0.3) is 0 Å². The lowest BCUT2D eigenvalue weighted by molar-refractivity contribution is 0.527. The van der Waals surface area contributed by atoms with Gasteiger partial charge in [-0.2, -0.15) is 0 Å². The van der Waals surface area contributed by atoms with Gasteiger partial charge >= 0.3 is 0 Å². The fraction of sp³-hybridized carbons (Fsp3) is 0. The van der Waals surface area contributed by atoms with Gasteiger partial charge in [0.2, 0.25) is 0 Å². The van der Waals surface area contributed by atoms with E-state index in [4.69, 9.17) is 11.2 Å². The third-order valence-electron chi connectivity index (χ3n) is 1.92. The summed E-state index contributed by atoms with van der Waals surface area (Å²) in [6.45, 7) is 0. The largest absolute Gasteiger partial charge is 0.407 e. The Morgan fingerprint density at radius 1 is 1.00 bits per heavy atom. The van der Waals surface area contributed by atoms with E-state index in [0.717, 1.165) is 16.5 Å². The Morgan fingerprint density at radius 2 is 1.77 bits per heavy atom. The maximum atomic E-state index is 5.08. The summed E-state index contributed by atoms with van der Waals surface area (Å²) in [5.74, 6) is 0.737. The van der Waals surface area contributed by atoms with Crippen molar-refractivity contribution in [1.29, 1.82) is 0 Å². The summed E-state index contributed by atoms with van der Waals surface area (Å²) in [6, 6.07) is 13.8. The van der Waals surface area contributed by atoms with Crippen LogP contribution in [0, 0.1) is 12.5 Å². The highest BCUT2D eigenvalue weighted by Gasteiger charge is 1.98. The topological polar surface area (TPSA) is 9.23 Å². The lowest BCUT2D eigenvalue weighted by atomic mass is 10.1. The van der Waals surface area contributed by atoms with Crippen molar-refractivity contribution in [2.24, 2.45) is 0 Å². The van der Waals surface area contributed by atoms with Crippen LogP contribution in [-0.2, 0) is 0 Å². The Kier molecular flexibility index (Phi) is 1.90. The molecule has 0 radical (unpaired) electrons. The predicted molar refractivity (Wildman–Crippen MR) is 53.4 cm³/mol. The van der Waals surface area contributed by atoms with E-state index < -0.39 is 0 Å². The van der Waals surface area contributed by atoms with Crippen molar-refractivity contribution in [3.05, 3.63) is 42.5 Å². The van der Waals surface area contributed by atoms with E-state index in [0.29, 0.717) is 0 Å². The maximum absolute atomic E-state index is 5.08. The van der Waals surface area contributed by atoms with E-state index in [1.54, 1.807) is 0 Å². The molecule has 0 aliphatic heterocycles. The highest BCUT2D eigenvalue weighted by atomic mass is 16.5. The van der Waals surface area contributed by atoms with Gasteiger partial charge < -0.3 is 4.74 Å². The van der Waals surface area contributed by atoms with Crippen molar-refractivity contribution in [3.63, 3.8) is 0 Å². The Morgan fingerprint density at radius 3 is 2.62 bits per heavy atom. The molecule has 0 aromatic heterocycles. The van der Waals surface area contributed by atoms with Crippen molar-refractivity contribution in [1.82, 2.24) is 0 Å². The van der Waals surface area contributed by atoms with E-state index in [9.17, 15) is 0 Å². The quantitative estimate of drug-likeness (QED) is 0.595. The fourth-order valence-corrected chi connectivity index (χ4v) is 1.35. The number of ether oxygens (including phenoxy) is 1. The molecule has 13 heavy (non-hydrogen) atoms. The van der Waals surface area contributed by atoms with Crippen LogP contribution in [0.4, 0.5) is 0 Å². The molecule has 62 valence electrons. The van der Waals surface area contributed by atoms with Gasteiger partial charge in [0.15, 0.2) is 0 Å². The smallest absolute Gasteiger partial charge is 0.148 e. The van der Waals surface area contributed by atoms with Crippen molar-refractivity contribution in [2.45, 2.75) is 0 Å². The first-order valence-corrected chi connectivity index (χ1v) is 4.02.